The van der Waals surface area contributed by atoms with Gasteiger partial charge in [0.25, 0.3) is 5.91 Å². The molecule has 0 saturated carbocycles. The SMILES string of the molecule is CSCCC(C(=O)O)N1C(=O)/C(=C/c2cccc3ccccc23)SC1=S. The average Bonchev–Trinajstić information content (AvgIpc) is 2.90. The average molecular weight is 404 g/mol. The molecule has 134 valence electrons. The Hall–Kier alpha value is -1.83. The van der Waals surface area contributed by atoms with Gasteiger partial charge in [-0.15, -0.1) is 0 Å². The molecule has 1 N–H and O–H groups in total. The number of fused-ring (bicyclic) bond motifs is 1. The lowest BCUT2D eigenvalue weighted by molar-refractivity contribution is -0.145. The number of rotatable bonds is 6. The molecule has 1 atom stereocenters. The zero-order valence-corrected chi connectivity index (χ0v) is 16.5. The van der Waals surface area contributed by atoms with Crippen LogP contribution in [0.4, 0.5) is 0 Å². The van der Waals surface area contributed by atoms with Crippen molar-refractivity contribution in [2.45, 2.75) is 12.5 Å². The molecule has 3 rings (SSSR count). The normalized spacial score (nSPS) is 17.3. The lowest BCUT2D eigenvalue weighted by atomic mass is 10.0. The highest BCUT2D eigenvalue weighted by atomic mass is 32.2. The molecular weight excluding hydrogens is 386 g/mol. The van der Waals surface area contributed by atoms with Gasteiger partial charge in [0.05, 0.1) is 4.91 Å². The summed E-state index contributed by atoms with van der Waals surface area (Å²) in [7, 11) is 0. The zero-order chi connectivity index (χ0) is 18.7. The minimum atomic E-state index is -1.03. The van der Waals surface area contributed by atoms with Crippen LogP contribution in [0.5, 0.6) is 0 Å². The van der Waals surface area contributed by atoms with E-state index in [1.54, 1.807) is 17.8 Å². The van der Waals surface area contributed by atoms with E-state index in [2.05, 4.69) is 0 Å². The van der Waals surface area contributed by atoms with E-state index in [0.29, 0.717) is 21.4 Å². The number of amides is 1. The second-order valence-corrected chi connectivity index (χ2v) is 8.42. The van der Waals surface area contributed by atoms with E-state index in [1.807, 2.05) is 48.7 Å². The van der Waals surface area contributed by atoms with E-state index < -0.39 is 12.0 Å². The number of carboxylic acids is 1. The Balaban J connectivity index is 1.95. The lowest BCUT2D eigenvalue weighted by Gasteiger charge is -2.22. The minimum absolute atomic E-state index is 0.301. The Morgan fingerprint density at radius 1 is 1.31 bits per heavy atom. The number of carbonyl (C=O) groups is 2. The molecule has 0 bridgehead atoms. The molecule has 1 unspecified atom stereocenters. The number of thioether (sulfide) groups is 2. The molecule has 26 heavy (non-hydrogen) atoms. The first-order valence-electron chi connectivity index (χ1n) is 7.99. The fourth-order valence-electron chi connectivity index (χ4n) is 2.86. The molecule has 1 heterocycles. The van der Waals surface area contributed by atoms with Gasteiger partial charge in [-0.1, -0.05) is 66.4 Å². The fourth-order valence-corrected chi connectivity index (χ4v) is 4.67. The van der Waals surface area contributed by atoms with Crippen LogP contribution in [0.2, 0.25) is 0 Å². The van der Waals surface area contributed by atoms with Crippen LogP contribution in [0.25, 0.3) is 16.8 Å². The second-order valence-electron chi connectivity index (χ2n) is 5.76. The van der Waals surface area contributed by atoms with E-state index in [4.69, 9.17) is 12.2 Å². The Kier molecular flexibility index (Phi) is 6.01. The molecule has 0 radical (unpaired) electrons. The Morgan fingerprint density at radius 2 is 2.04 bits per heavy atom. The molecular formula is C19H17NO3S3. The molecule has 0 spiro atoms. The van der Waals surface area contributed by atoms with Crippen molar-refractivity contribution in [2.75, 3.05) is 12.0 Å². The summed E-state index contributed by atoms with van der Waals surface area (Å²) in [5.41, 5.74) is 0.916. The summed E-state index contributed by atoms with van der Waals surface area (Å²) in [5, 5.41) is 11.6. The van der Waals surface area contributed by atoms with Crippen molar-refractivity contribution in [3.63, 3.8) is 0 Å². The summed E-state index contributed by atoms with van der Waals surface area (Å²) in [6.45, 7) is 0. The van der Waals surface area contributed by atoms with Gasteiger partial charge in [0.1, 0.15) is 10.4 Å². The number of hydrogen-bond donors (Lipinski definition) is 1. The van der Waals surface area contributed by atoms with Crippen LogP contribution < -0.4 is 0 Å². The van der Waals surface area contributed by atoms with Gasteiger partial charge < -0.3 is 5.11 Å². The number of nitrogens with zero attached hydrogens (tertiary/aromatic N) is 1. The molecule has 2 aromatic carbocycles. The molecule has 0 aliphatic carbocycles. The van der Waals surface area contributed by atoms with Crippen molar-refractivity contribution >= 4 is 68.8 Å². The molecule has 1 aliphatic rings. The van der Waals surface area contributed by atoms with E-state index in [1.165, 1.54) is 4.90 Å². The first-order valence-corrected chi connectivity index (χ1v) is 10.6. The van der Waals surface area contributed by atoms with Gasteiger partial charge in [-0.3, -0.25) is 9.69 Å². The van der Waals surface area contributed by atoms with E-state index in [9.17, 15) is 14.7 Å². The van der Waals surface area contributed by atoms with E-state index in [0.717, 1.165) is 28.1 Å². The maximum atomic E-state index is 12.8. The van der Waals surface area contributed by atoms with Gasteiger partial charge in [0, 0.05) is 0 Å². The predicted octanol–water partition coefficient (Wildman–Crippen LogP) is 4.25. The zero-order valence-electron chi connectivity index (χ0n) is 14.0. The summed E-state index contributed by atoms with van der Waals surface area (Å²) < 4.78 is 0.301. The van der Waals surface area contributed by atoms with E-state index in [-0.39, 0.29) is 5.91 Å². The highest BCUT2D eigenvalue weighted by Crippen LogP contribution is 2.35. The van der Waals surface area contributed by atoms with Gasteiger partial charge in [-0.2, -0.15) is 11.8 Å². The van der Waals surface area contributed by atoms with Crippen LogP contribution in [0.1, 0.15) is 12.0 Å². The molecule has 2 aromatic rings. The molecule has 7 heteroatoms. The fraction of sp³-hybridized carbons (Fsp3) is 0.211. The summed E-state index contributed by atoms with van der Waals surface area (Å²) in [5.74, 6) is -0.709. The van der Waals surface area contributed by atoms with Crippen LogP contribution in [0.15, 0.2) is 47.4 Å². The van der Waals surface area contributed by atoms with Crippen molar-refractivity contribution in [3.05, 3.63) is 52.9 Å². The molecule has 0 aromatic heterocycles. The third-order valence-corrected chi connectivity index (χ3v) is 6.10. The number of carbonyl (C=O) groups excluding carboxylic acids is 1. The maximum absolute atomic E-state index is 12.8. The second kappa shape index (κ2) is 8.24. The summed E-state index contributed by atoms with van der Waals surface area (Å²) in [6.07, 6.45) is 4.07. The summed E-state index contributed by atoms with van der Waals surface area (Å²) >= 11 is 8.02. The highest BCUT2D eigenvalue weighted by Gasteiger charge is 2.40. The Bertz CT molecular complexity index is 905. The van der Waals surface area contributed by atoms with Crippen molar-refractivity contribution in [3.8, 4) is 0 Å². The first kappa shape index (κ1) is 18.9. The van der Waals surface area contributed by atoms with Crippen molar-refractivity contribution in [1.29, 1.82) is 0 Å². The number of thiocarbonyl (C=S) groups is 1. The van der Waals surface area contributed by atoms with Gasteiger partial charge in [-0.05, 0) is 40.8 Å². The Morgan fingerprint density at radius 3 is 2.77 bits per heavy atom. The topological polar surface area (TPSA) is 57.6 Å². The number of carboxylic acid groups (broad SMARTS) is 1. The molecule has 1 amide bonds. The van der Waals surface area contributed by atoms with E-state index >= 15 is 0 Å². The van der Waals surface area contributed by atoms with Crippen LogP contribution >= 0.6 is 35.7 Å². The number of hydrogen-bond acceptors (Lipinski definition) is 5. The van der Waals surface area contributed by atoms with Crippen LogP contribution in [-0.4, -0.2) is 44.3 Å². The van der Waals surface area contributed by atoms with Gasteiger partial charge in [-0.25, -0.2) is 4.79 Å². The van der Waals surface area contributed by atoms with Gasteiger partial charge in [0.2, 0.25) is 0 Å². The van der Waals surface area contributed by atoms with Crippen LogP contribution in [0.3, 0.4) is 0 Å². The standard InChI is InChI=1S/C19H17NO3S3/c1-25-10-9-15(18(22)23)20-17(21)16(26-19(20)24)11-13-7-4-6-12-5-2-3-8-14(12)13/h2-8,11,15H,9-10H2,1H3,(H,22,23)/b16-11-. The minimum Gasteiger partial charge on any atom is -0.480 e. The Labute approximate surface area is 165 Å². The summed E-state index contributed by atoms with van der Waals surface area (Å²) in [6, 6.07) is 12.9. The first-order chi connectivity index (χ1) is 12.5. The predicted molar refractivity (Wildman–Crippen MR) is 113 cm³/mol. The molecule has 1 saturated heterocycles. The largest absolute Gasteiger partial charge is 0.480 e. The smallest absolute Gasteiger partial charge is 0.326 e. The summed E-state index contributed by atoms with van der Waals surface area (Å²) in [4.78, 5) is 26.2. The lowest BCUT2D eigenvalue weighted by Crippen LogP contribution is -2.44. The third kappa shape index (κ3) is 3.79. The monoisotopic (exact) mass is 403 g/mol. The van der Waals surface area contributed by atoms with Gasteiger partial charge >= 0.3 is 5.97 Å². The number of aliphatic carboxylic acids is 1. The van der Waals surface area contributed by atoms with Crippen molar-refractivity contribution in [2.24, 2.45) is 0 Å². The maximum Gasteiger partial charge on any atom is 0.326 e. The highest BCUT2D eigenvalue weighted by molar-refractivity contribution is 8.26. The number of benzene rings is 2. The van der Waals surface area contributed by atoms with Crippen LogP contribution in [-0.2, 0) is 9.59 Å². The molecule has 4 nitrogen and oxygen atoms in total. The van der Waals surface area contributed by atoms with Crippen molar-refractivity contribution < 1.29 is 14.7 Å². The van der Waals surface area contributed by atoms with Crippen molar-refractivity contribution in [1.82, 2.24) is 4.90 Å². The molecule has 1 fully saturated rings. The molecule has 1 aliphatic heterocycles. The quantitative estimate of drug-likeness (QED) is 0.575. The van der Waals surface area contributed by atoms with Crippen LogP contribution in [0, 0.1) is 0 Å². The van der Waals surface area contributed by atoms with Gasteiger partial charge in [0.15, 0.2) is 0 Å². The third-order valence-electron chi connectivity index (χ3n) is 4.13.